The van der Waals surface area contributed by atoms with Gasteiger partial charge in [-0.15, -0.1) is 11.3 Å². The van der Waals surface area contributed by atoms with Crippen LogP contribution in [-0.4, -0.2) is 23.3 Å². The number of Topliss-reactive ketones (excluding diaryl/α,β-unsaturated/α-hetero) is 1. The zero-order chi connectivity index (χ0) is 13.7. The van der Waals surface area contributed by atoms with Crippen molar-refractivity contribution >= 4 is 34.7 Å². The summed E-state index contributed by atoms with van der Waals surface area (Å²) in [6.07, 6.45) is 1.03. The van der Waals surface area contributed by atoms with Gasteiger partial charge in [0.25, 0.3) is 5.56 Å². The highest BCUT2D eigenvalue weighted by molar-refractivity contribution is 7.07. The first kappa shape index (κ1) is 13.9. The van der Waals surface area contributed by atoms with Gasteiger partial charge in [0.05, 0.1) is 6.61 Å². The Morgan fingerprint density at radius 3 is 2.72 bits per heavy atom. The molecule has 1 aromatic rings. The number of thiazole rings is 1. The molecule has 0 saturated heterocycles. The summed E-state index contributed by atoms with van der Waals surface area (Å²) in [5, 5.41) is 8.79. The number of ether oxygens (including phenoxy) is 1. The van der Waals surface area contributed by atoms with Gasteiger partial charge in [0.2, 0.25) is 0 Å². The van der Waals surface area contributed by atoms with E-state index in [-0.39, 0.29) is 21.4 Å². The third-order valence-corrected chi connectivity index (χ3v) is 2.92. The molecule has 0 amide bonds. The summed E-state index contributed by atoms with van der Waals surface area (Å²) in [7, 11) is 0. The number of carbonyl (C=O) groups is 2. The molecule has 0 aromatic carbocycles. The lowest BCUT2D eigenvalue weighted by Crippen LogP contribution is -2.22. The predicted molar refractivity (Wildman–Crippen MR) is 65.0 cm³/mol. The van der Waals surface area contributed by atoms with Crippen LogP contribution in [0.5, 0.6) is 0 Å². The first-order chi connectivity index (χ1) is 8.49. The topological polar surface area (TPSA) is 100 Å². The molecule has 0 unspecified atom stereocenters. The van der Waals surface area contributed by atoms with Gasteiger partial charge in [-0.2, -0.15) is 5.26 Å². The van der Waals surface area contributed by atoms with Gasteiger partial charge in [-0.25, -0.2) is 4.79 Å². The second-order valence-electron chi connectivity index (χ2n) is 3.19. The fraction of sp³-hybridized carbons (Fsp3) is 0.273. The van der Waals surface area contributed by atoms with Crippen LogP contribution in [0.15, 0.2) is 4.79 Å². The largest absolute Gasteiger partial charge is 0.463 e. The average Bonchev–Trinajstić information content (AvgIpc) is 2.60. The normalized spacial score (nSPS) is 12.8. The third kappa shape index (κ3) is 3.15. The first-order valence-electron chi connectivity index (χ1n) is 5.02. The number of nitriles is 1. The van der Waals surface area contributed by atoms with Gasteiger partial charge in [0, 0.05) is 6.08 Å². The van der Waals surface area contributed by atoms with Gasteiger partial charge >= 0.3 is 5.97 Å². The third-order valence-electron chi connectivity index (χ3n) is 1.89. The van der Waals surface area contributed by atoms with Gasteiger partial charge in [0.15, 0.2) is 5.78 Å². The van der Waals surface area contributed by atoms with Gasteiger partial charge in [0.1, 0.15) is 20.8 Å². The van der Waals surface area contributed by atoms with Crippen LogP contribution >= 0.6 is 11.3 Å². The highest BCUT2D eigenvalue weighted by Gasteiger charge is 2.07. The Morgan fingerprint density at radius 1 is 1.56 bits per heavy atom. The minimum atomic E-state index is -0.641. The number of H-pyrrole nitrogens is 1. The lowest BCUT2D eigenvalue weighted by molar-refractivity contribution is -0.135. The quantitative estimate of drug-likeness (QED) is 0.710. The fourth-order valence-electron chi connectivity index (χ4n) is 1.14. The first-order valence-corrected chi connectivity index (χ1v) is 5.84. The Bertz CT molecular complexity index is 690. The molecule has 0 radical (unpaired) electrons. The van der Waals surface area contributed by atoms with E-state index in [0.29, 0.717) is 0 Å². The van der Waals surface area contributed by atoms with Crippen LogP contribution in [0.4, 0.5) is 0 Å². The van der Waals surface area contributed by atoms with Crippen molar-refractivity contribution in [3.8, 4) is 6.07 Å². The molecule has 7 heteroatoms. The number of hydrogen-bond donors (Lipinski definition) is 1. The van der Waals surface area contributed by atoms with Crippen molar-refractivity contribution in [2.45, 2.75) is 13.8 Å². The zero-order valence-corrected chi connectivity index (χ0v) is 10.6. The van der Waals surface area contributed by atoms with Crippen LogP contribution in [0.1, 0.15) is 13.8 Å². The van der Waals surface area contributed by atoms with E-state index in [9.17, 15) is 14.4 Å². The van der Waals surface area contributed by atoms with Crippen LogP contribution in [0, 0.1) is 11.3 Å². The monoisotopic (exact) mass is 266 g/mol. The van der Waals surface area contributed by atoms with Gasteiger partial charge in [-0.3, -0.25) is 9.59 Å². The Hall–Kier alpha value is -2.20. The number of aromatic amines is 1. The summed E-state index contributed by atoms with van der Waals surface area (Å²) in [6, 6.07) is 1.71. The Balaban J connectivity index is 3.44. The van der Waals surface area contributed by atoms with Crippen molar-refractivity contribution in [2.24, 2.45) is 0 Å². The molecule has 0 saturated carbocycles. The summed E-state index contributed by atoms with van der Waals surface area (Å²) in [5.41, 5.74) is -0.669. The molecule has 0 aliphatic heterocycles. The van der Waals surface area contributed by atoms with Crippen LogP contribution < -0.4 is 14.8 Å². The maximum Gasteiger partial charge on any atom is 0.332 e. The fourth-order valence-corrected chi connectivity index (χ4v) is 2.09. The number of nitrogens with zero attached hydrogens (tertiary/aromatic N) is 1. The second kappa shape index (κ2) is 5.93. The molecular weight excluding hydrogens is 256 g/mol. The van der Waals surface area contributed by atoms with E-state index in [2.05, 4.69) is 9.72 Å². The lowest BCUT2D eigenvalue weighted by atomic mass is 10.2. The lowest BCUT2D eigenvalue weighted by Gasteiger charge is -1.91. The summed E-state index contributed by atoms with van der Waals surface area (Å²) in [6.45, 7) is 3.08. The van der Waals surface area contributed by atoms with Crippen molar-refractivity contribution in [3.05, 3.63) is 19.5 Å². The smallest absolute Gasteiger partial charge is 0.332 e. The summed E-state index contributed by atoms with van der Waals surface area (Å²) >= 11 is 0.870. The molecule has 1 N–H and O–H groups in total. The van der Waals surface area contributed by atoms with Crippen LogP contribution in [0.25, 0.3) is 11.6 Å². The number of carbonyl (C=O) groups excluding carboxylic acids is 2. The van der Waals surface area contributed by atoms with E-state index in [1.807, 2.05) is 0 Å². The summed E-state index contributed by atoms with van der Waals surface area (Å²) in [4.78, 5) is 36.2. The average molecular weight is 266 g/mol. The number of aromatic nitrogens is 1. The second-order valence-corrected chi connectivity index (χ2v) is 4.24. The minimum Gasteiger partial charge on any atom is -0.463 e. The van der Waals surface area contributed by atoms with E-state index in [4.69, 9.17) is 5.26 Å². The van der Waals surface area contributed by atoms with Crippen LogP contribution in [-0.2, 0) is 14.3 Å². The molecule has 0 atom stereocenters. The van der Waals surface area contributed by atoms with E-state index in [0.717, 1.165) is 17.4 Å². The number of esters is 1. The number of ketones is 1. The summed E-state index contributed by atoms with van der Waals surface area (Å²) in [5.74, 6) is -1.09. The molecule has 0 fully saturated rings. The Kier molecular flexibility index (Phi) is 4.57. The van der Waals surface area contributed by atoms with Crippen molar-refractivity contribution in [2.75, 3.05) is 6.61 Å². The molecule has 1 aromatic heterocycles. The molecule has 0 spiro atoms. The standard InChI is InChI=1S/C11H10N2O4S/c1-3-17-9(15)4-8-10(16)13-11(18-8)7(5-12)6(2)14/h4H,3H2,1-2H3,(H,13,16)/b8-4+,11-7+. The van der Waals surface area contributed by atoms with E-state index in [1.54, 1.807) is 13.0 Å². The number of nitrogens with one attached hydrogen (secondary N) is 1. The predicted octanol–water partition coefficient (Wildman–Crippen LogP) is -0.957. The molecule has 1 rings (SSSR count). The molecule has 18 heavy (non-hydrogen) atoms. The minimum absolute atomic E-state index is 0.0949. The molecule has 6 nitrogen and oxygen atoms in total. The van der Waals surface area contributed by atoms with Crippen LogP contribution in [0.2, 0.25) is 0 Å². The van der Waals surface area contributed by atoms with Gasteiger partial charge in [-0.05, 0) is 13.8 Å². The maximum absolute atomic E-state index is 11.5. The Labute approximate surface area is 106 Å². The van der Waals surface area contributed by atoms with Gasteiger partial charge < -0.3 is 9.72 Å². The maximum atomic E-state index is 11.5. The molecule has 94 valence electrons. The summed E-state index contributed by atoms with van der Waals surface area (Å²) < 4.78 is 4.90. The molecule has 0 bridgehead atoms. The van der Waals surface area contributed by atoms with E-state index in [1.165, 1.54) is 6.92 Å². The van der Waals surface area contributed by atoms with E-state index >= 15 is 0 Å². The zero-order valence-electron chi connectivity index (χ0n) is 9.77. The Morgan fingerprint density at radius 2 is 2.22 bits per heavy atom. The van der Waals surface area contributed by atoms with Crippen molar-refractivity contribution in [1.82, 2.24) is 4.98 Å². The van der Waals surface area contributed by atoms with Crippen molar-refractivity contribution in [1.29, 1.82) is 5.26 Å². The highest BCUT2D eigenvalue weighted by Crippen LogP contribution is 1.91. The van der Waals surface area contributed by atoms with Crippen molar-refractivity contribution < 1.29 is 14.3 Å². The van der Waals surface area contributed by atoms with Gasteiger partial charge in [-0.1, -0.05) is 0 Å². The van der Waals surface area contributed by atoms with E-state index < -0.39 is 17.3 Å². The number of hydrogen-bond acceptors (Lipinski definition) is 6. The number of rotatable bonds is 3. The van der Waals surface area contributed by atoms with Crippen LogP contribution in [0.3, 0.4) is 0 Å². The SMILES string of the molecule is CCOC(=O)/C=c1/s/c(=C(\C#N)C(C)=O)[nH]c1=O. The highest BCUT2D eigenvalue weighted by atomic mass is 32.1. The molecular formula is C11H10N2O4S. The van der Waals surface area contributed by atoms with Crippen molar-refractivity contribution in [3.63, 3.8) is 0 Å². The molecule has 1 heterocycles. The molecule has 0 aliphatic carbocycles. The molecule has 0 aliphatic rings.